The van der Waals surface area contributed by atoms with Gasteiger partial charge in [-0.3, -0.25) is 5.43 Å². The number of aromatic hydroxyl groups is 1. The Labute approximate surface area is 237 Å². The molecule has 1 heterocycles. The highest BCUT2D eigenvalue weighted by Gasteiger charge is 2.34. The van der Waals surface area contributed by atoms with Crippen LogP contribution in [-0.2, 0) is 0 Å². The molecule has 0 saturated carbocycles. The van der Waals surface area contributed by atoms with Crippen LogP contribution in [0.1, 0.15) is 63.5 Å². The van der Waals surface area contributed by atoms with Crippen LogP contribution in [0.3, 0.4) is 0 Å². The number of anilines is 1. The first-order valence-electron chi connectivity index (χ1n) is 14.4. The molecule has 0 bridgehead atoms. The SMILES string of the molecule is CCCCN(CCCC)C[C@@H](/C(C)=N\Nc1ccccc1)[C@@H](c1ccccc1)c1c(O)c2ccccc2oc1=O. The third kappa shape index (κ3) is 7.19. The molecule has 0 aliphatic carbocycles. The summed E-state index contributed by atoms with van der Waals surface area (Å²) in [5.74, 6) is -0.695. The number of hydrogen-bond acceptors (Lipinski definition) is 6. The highest BCUT2D eigenvalue weighted by Crippen LogP contribution is 2.39. The number of benzene rings is 3. The van der Waals surface area contributed by atoms with Gasteiger partial charge >= 0.3 is 5.63 Å². The molecule has 0 aliphatic heterocycles. The molecule has 1 aromatic heterocycles. The number of nitrogens with zero attached hydrogens (tertiary/aromatic N) is 2. The second kappa shape index (κ2) is 14.5. The molecule has 0 aliphatic rings. The standard InChI is InChI=1S/C34H41N3O3/c1-4-6-22-37(23-7-5-2)24-29(25(3)35-36-27-18-12-9-13-19-27)31(26-16-10-8-11-17-26)32-33(38)28-20-14-15-21-30(28)40-34(32)39/h8-21,29,31,36,38H,4-7,22-24H2,1-3H3/b35-25-/t29-,31+/m0/s1. The van der Waals surface area contributed by atoms with Crippen LogP contribution in [0, 0.1) is 5.92 Å². The molecule has 2 N–H and O–H groups in total. The van der Waals surface area contributed by atoms with E-state index in [9.17, 15) is 9.90 Å². The van der Waals surface area contributed by atoms with Gasteiger partial charge in [0.1, 0.15) is 11.3 Å². The van der Waals surface area contributed by atoms with Crippen molar-refractivity contribution in [2.45, 2.75) is 52.4 Å². The van der Waals surface area contributed by atoms with Crippen molar-refractivity contribution in [2.24, 2.45) is 11.0 Å². The fourth-order valence-electron chi connectivity index (χ4n) is 5.25. The lowest BCUT2D eigenvalue weighted by atomic mass is 9.78. The maximum atomic E-state index is 13.6. The normalized spacial score (nSPS) is 13.4. The lowest BCUT2D eigenvalue weighted by Crippen LogP contribution is -2.38. The molecule has 0 unspecified atom stereocenters. The predicted octanol–water partition coefficient (Wildman–Crippen LogP) is 7.64. The lowest BCUT2D eigenvalue weighted by Gasteiger charge is -2.33. The van der Waals surface area contributed by atoms with Gasteiger partial charge in [0.05, 0.1) is 16.6 Å². The summed E-state index contributed by atoms with van der Waals surface area (Å²) in [6.07, 6.45) is 4.39. The molecule has 3 aromatic carbocycles. The van der Waals surface area contributed by atoms with Crippen LogP contribution in [0.2, 0.25) is 0 Å². The minimum atomic E-state index is -0.521. The van der Waals surface area contributed by atoms with Gasteiger partial charge in [-0.05, 0) is 62.7 Å². The summed E-state index contributed by atoms with van der Waals surface area (Å²) in [5, 5.41) is 16.9. The molecule has 0 spiro atoms. The highest BCUT2D eigenvalue weighted by molar-refractivity contribution is 5.88. The van der Waals surface area contributed by atoms with Crippen LogP contribution < -0.4 is 11.1 Å². The summed E-state index contributed by atoms with van der Waals surface area (Å²) >= 11 is 0. The van der Waals surface area contributed by atoms with E-state index in [4.69, 9.17) is 9.52 Å². The summed E-state index contributed by atoms with van der Waals surface area (Å²) in [7, 11) is 0. The quantitative estimate of drug-likeness (QED) is 0.0978. The Bertz CT molecular complexity index is 1430. The summed E-state index contributed by atoms with van der Waals surface area (Å²) in [6.45, 7) is 9.04. The summed E-state index contributed by atoms with van der Waals surface area (Å²) < 4.78 is 5.79. The molecule has 6 heteroatoms. The molecule has 0 saturated heterocycles. The van der Waals surface area contributed by atoms with Crippen molar-refractivity contribution < 1.29 is 9.52 Å². The third-order valence-electron chi connectivity index (χ3n) is 7.47. The molecule has 210 valence electrons. The van der Waals surface area contributed by atoms with Gasteiger partial charge in [0, 0.05) is 24.1 Å². The fraction of sp³-hybridized carbons (Fsp3) is 0.353. The number of unbranched alkanes of at least 4 members (excludes halogenated alkanes) is 2. The zero-order valence-corrected chi connectivity index (χ0v) is 23.8. The molecule has 6 nitrogen and oxygen atoms in total. The van der Waals surface area contributed by atoms with Gasteiger partial charge < -0.3 is 14.4 Å². The van der Waals surface area contributed by atoms with Crippen LogP contribution in [0.5, 0.6) is 5.75 Å². The summed E-state index contributed by atoms with van der Waals surface area (Å²) in [6, 6.07) is 26.9. The van der Waals surface area contributed by atoms with Crippen LogP contribution in [0.25, 0.3) is 11.0 Å². The zero-order valence-electron chi connectivity index (χ0n) is 23.8. The van der Waals surface area contributed by atoms with E-state index in [2.05, 4.69) is 24.2 Å². The number of hydrogen-bond donors (Lipinski definition) is 2. The van der Waals surface area contributed by atoms with Gasteiger partial charge in [-0.1, -0.05) is 87.4 Å². The molecule has 4 aromatic rings. The van der Waals surface area contributed by atoms with Crippen molar-refractivity contribution in [3.8, 4) is 5.75 Å². The van der Waals surface area contributed by atoms with Crippen LogP contribution in [0.15, 0.2) is 99.2 Å². The van der Waals surface area contributed by atoms with E-state index < -0.39 is 11.5 Å². The predicted molar refractivity (Wildman–Crippen MR) is 165 cm³/mol. The molecule has 40 heavy (non-hydrogen) atoms. The first-order valence-corrected chi connectivity index (χ1v) is 14.4. The van der Waals surface area contributed by atoms with Crippen LogP contribution >= 0.6 is 0 Å². The second-order valence-electron chi connectivity index (χ2n) is 10.4. The molecule has 0 fully saturated rings. The molecular weight excluding hydrogens is 498 g/mol. The van der Waals surface area contributed by atoms with E-state index in [1.807, 2.05) is 73.7 Å². The Kier molecular flexibility index (Phi) is 10.5. The highest BCUT2D eigenvalue weighted by atomic mass is 16.4. The van der Waals surface area contributed by atoms with Gasteiger partial charge in [0.25, 0.3) is 0 Å². The first kappa shape index (κ1) is 29.1. The van der Waals surface area contributed by atoms with Crippen molar-refractivity contribution in [1.29, 1.82) is 0 Å². The maximum Gasteiger partial charge on any atom is 0.343 e. The van der Waals surface area contributed by atoms with Gasteiger partial charge in [-0.15, -0.1) is 0 Å². The largest absolute Gasteiger partial charge is 0.507 e. The zero-order chi connectivity index (χ0) is 28.3. The van der Waals surface area contributed by atoms with Gasteiger partial charge in [-0.25, -0.2) is 4.79 Å². The minimum absolute atomic E-state index is 0.0248. The van der Waals surface area contributed by atoms with E-state index in [0.717, 1.165) is 55.7 Å². The summed E-state index contributed by atoms with van der Waals surface area (Å²) in [5.41, 5.74) is 6.01. The molecule has 4 rings (SSSR count). The Hall–Kier alpha value is -3.90. The minimum Gasteiger partial charge on any atom is -0.507 e. The van der Waals surface area contributed by atoms with Crippen molar-refractivity contribution >= 4 is 22.4 Å². The van der Waals surface area contributed by atoms with E-state index in [0.29, 0.717) is 17.5 Å². The number of nitrogens with one attached hydrogen (secondary N) is 1. The Morgan fingerprint density at radius 3 is 2.15 bits per heavy atom. The Morgan fingerprint density at radius 2 is 1.50 bits per heavy atom. The third-order valence-corrected chi connectivity index (χ3v) is 7.47. The first-order chi connectivity index (χ1) is 19.5. The maximum absolute atomic E-state index is 13.6. The summed E-state index contributed by atoms with van der Waals surface area (Å²) in [4.78, 5) is 16.1. The van der Waals surface area contributed by atoms with Gasteiger partial charge in [-0.2, -0.15) is 5.10 Å². The average Bonchev–Trinajstić information content (AvgIpc) is 2.99. The second-order valence-corrected chi connectivity index (χ2v) is 10.4. The van der Waals surface area contributed by atoms with E-state index in [1.54, 1.807) is 18.2 Å². The van der Waals surface area contributed by atoms with Crippen molar-refractivity contribution in [3.05, 3.63) is 106 Å². The van der Waals surface area contributed by atoms with Crippen molar-refractivity contribution in [3.63, 3.8) is 0 Å². The average molecular weight is 540 g/mol. The molecular formula is C34H41N3O3. The molecule has 0 radical (unpaired) electrons. The molecule has 0 amide bonds. The number of rotatable bonds is 14. The van der Waals surface area contributed by atoms with Crippen molar-refractivity contribution in [2.75, 3.05) is 25.1 Å². The van der Waals surface area contributed by atoms with E-state index in [-0.39, 0.29) is 17.2 Å². The number of fused-ring (bicyclic) bond motifs is 1. The topological polar surface area (TPSA) is 78.1 Å². The number of para-hydroxylation sites is 2. The van der Waals surface area contributed by atoms with Crippen LogP contribution in [0.4, 0.5) is 5.69 Å². The fourth-order valence-corrected chi connectivity index (χ4v) is 5.25. The van der Waals surface area contributed by atoms with E-state index in [1.165, 1.54) is 0 Å². The van der Waals surface area contributed by atoms with Gasteiger partial charge in [0.2, 0.25) is 0 Å². The van der Waals surface area contributed by atoms with E-state index >= 15 is 0 Å². The van der Waals surface area contributed by atoms with Crippen molar-refractivity contribution in [1.82, 2.24) is 4.90 Å². The lowest BCUT2D eigenvalue weighted by molar-refractivity contribution is 0.238. The van der Waals surface area contributed by atoms with Gasteiger partial charge in [0.15, 0.2) is 0 Å². The number of hydrazone groups is 1. The Morgan fingerprint density at radius 1 is 0.900 bits per heavy atom. The smallest absolute Gasteiger partial charge is 0.343 e. The molecule has 2 atom stereocenters. The Balaban J connectivity index is 1.87. The van der Waals surface area contributed by atoms with Crippen LogP contribution in [-0.4, -0.2) is 35.4 Å². The monoisotopic (exact) mass is 539 g/mol.